The Bertz CT molecular complexity index is 1580. The van der Waals surface area contributed by atoms with Crippen molar-refractivity contribution < 1.29 is 24.1 Å². The number of carbonyl (C=O) groups is 1. The molecule has 1 aliphatic rings. The maximum Gasteiger partial charge on any atom is 0.306 e. The van der Waals surface area contributed by atoms with Gasteiger partial charge in [0.25, 0.3) is 0 Å². The number of esters is 1. The van der Waals surface area contributed by atoms with Gasteiger partial charge in [-0.2, -0.15) is 0 Å². The molecular formula is C29H31NO6. The largest absolute Gasteiger partial charge is 0.496 e. The van der Waals surface area contributed by atoms with Crippen molar-refractivity contribution in [1.82, 2.24) is 4.57 Å². The number of aliphatic hydroxyl groups is 1. The SMILES string of the molecule is COc1cc2c(c3c1c(=O)c1c4ccccc4ccc1n3C)[C@@H](O)[C@@H](OC(=O)CC(C)C)C(C)(C)O2. The number of aliphatic hydroxyl groups excluding tert-OH is 1. The van der Waals surface area contributed by atoms with Crippen LogP contribution in [-0.4, -0.2) is 34.5 Å². The van der Waals surface area contributed by atoms with Gasteiger partial charge in [0, 0.05) is 19.5 Å². The van der Waals surface area contributed by atoms with Gasteiger partial charge in [0.15, 0.2) is 6.10 Å². The summed E-state index contributed by atoms with van der Waals surface area (Å²) >= 11 is 0. The number of hydrogen-bond donors (Lipinski definition) is 1. The van der Waals surface area contributed by atoms with E-state index < -0.39 is 23.8 Å². The highest BCUT2D eigenvalue weighted by atomic mass is 16.6. The number of ether oxygens (including phenoxy) is 3. The van der Waals surface area contributed by atoms with Gasteiger partial charge in [-0.05, 0) is 36.6 Å². The molecule has 1 aliphatic heterocycles. The Morgan fingerprint density at radius 1 is 1.17 bits per heavy atom. The molecule has 0 spiro atoms. The fourth-order valence-electron chi connectivity index (χ4n) is 5.36. The molecule has 0 saturated heterocycles. The van der Waals surface area contributed by atoms with Gasteiger partial charge in [-0.3, -0.25) is 9.59 Å². The maximum absolute atomic E-state index is 14.0. The van der Waals surface area contributed by atoms with Crippen molar-refractivity contribution in [2.45, 2.75) is 51.9 Å². The number of rotatable bonds is 4. The standard InChI is InChI=1S/C29H31NO6/c1-15(2)13-21(31)35-28-27(33)24-20(36-29(28,3)4)14-19(34-6)23-25(24)30(5)18-12-11-16-9-7-8-10-17(16)22(18)26(23)32/h7-12,14-15,27-28,33H,13H2,1-6H3/t27-,28-/m1/s1. The summed E-state index contributed by atoms with van der Waals surface area (Å²) in [5.41, 5.74) is 0.406. The van der Waals surface area contributed by atoms with E-state index in [1.165, 1.54) is 7.11 Å². The van der Waals surface area contributed by atoms with E-state index in [2.05, 4.69) is 0 Å². The minimum absolute atomic E-state index is 0.113. The van der Waals surface area contributed by atoms with Crippen molar-refractivity contribution in [1.29, 1.82) is 0 Å². The monoisotopic (exact) mass is 489 g/mol. The third kappa shape index (κ3) is 3.61. The zero-order chi connectivity index (χ0) is 25.9. The molecule has 0 bridgehead atoms. The van der Waals surface area contributed by atoms with Crippen LogP contribution in [0.1, 0.15) is 45.8 Å². The summed E-state index contributed by atoms with van der Waals surface area (Å²) in [5, 5.41) is 14.4. The van der Waals surface area contributed by atoms with Crippen LogP contribution in [0.25, 0.3) is 32.6 Å². The maximum atomic E-state index is 14.0. The van der Waals surface area contributed by atoms with Gasteiger partial charge in [-0.1, -0.05) is 44.2 Å². The molecule has 4 aromatic rings. The van der Waals surface area contributed by atoms with Crippen LogP contribution < -0.4 is 14.9 Å². The van der Waals surface area contributed by atoms with Gasteiger partial charge in [-0.25, -0.2) is 0 Å². The minimum atomic E-state index is -1.21. The van der Waals surface area contributed by atoms with Crippen LogP contribution in [0.3, 0.4) is 0 Å². The Morgan fingerprint density at radius 2 is 1.89 bits per heavy atom. The zero-order valence-electron chi connectivity index (χ0n) is 21.4. The first-order valence-corrected chi connectivity index (χ1v) is 12.2. The van der Waals surface area contributed by atoms with Gasteiger partial charge in [0.2, 0.25) is 5.43 Å². The van der Waals surface area contributed by atoms with Crippen LogP contribution in [0.4, 0.5) is 0 Å². The predicted octanol–water partition coefficient (Wildman–Crippen LogP) is 5.02. The van der Waals surface area contributed by atoms with Crippen molar-refractivity contribution in [3.05, 3.63) is 58.3 Å². The molecule has 7 heteroatoms. The zero-order valence-corrected chi connectivity index (χ0v) is 21.4. The van der Waals surface area contributed by atoms with E-state index in [1.54, 1.807) is 19.9 Å². The summed E-state index contributed by atoms with van der Waals surface area (Å²) in [7, 11) is 3.36. The van der Waals surface area contributed by atoms with Crippen LogP contribution in [0.2, 0.25) is 0 Å². The summed E-state index contributed by atoms with van der Waals surface area (Å²) in [4.78, 5) is 26.6. The molecule has 0 radical (unpaired) electrons. The van der Waals surface area contributed by atoms with E-state index in [4.69, 9.17) is 14.2 Å². The van der Waals surface area contributed by atoms with Crippen LogP contribution in [0, 0.1) is 5.92 Å². The molecule has 0 unspecified atom stereocenters. The first-order chi connectivity index (χ1) is 17.0. The van der Waals surface area contributed by atoms with Crippen LogP contribution >= 0.6 is 0 Å². The molecule has 5 rings (SSSR count). The Balaban J connectivity index is 1.83. The normalized spacial score (nSPS) is 18.9. The molecular weight excluding hydrogens is 458 g/mol. The van der Waals surface area contributed by atoms with E-state index in [0.29, 0.717) is 38.9 Å². The summed E-state index contributed by atoms with van der Waals surface area (Å²) in [6, 6.07) is 13.3. The number of carbonyl (C=O) groups excluding carboxylic acids is 1. The van der Waals surface area contributed by atoms with Gasteiger partial charge in [-0.15, -0.1) is 0 Å². The van der Waals surface area contributed by atoms with Crippen molar-refractivity contribution in [3.63, 3.8) is 0 Å². The fraction of sp³-hybridized carbons (Fsp3) is 0.379. The smallest absolute Gasteiger partial charge is 0.306 e. The Morgan fingerprint density at radius 3 is 2.58 bits per heavy atom. The summed E-state index contributed by atoms with van der Waals surface area (Å²) in [6.07, 6.45) is -1.95. The summed E-state index contributed by atoms with van der Waals surface area (Å²) in [6.45, 7) is 7.41. The van der Waals surface area contributed by atoms with Gasteiger partial charge in [0.1, 0.15) is 23.2 Å². The number of aryl methyl sites for hydroxylation is 1. The van der Waals surface area contributed by atoms with E-state index >= 15 is 0 Å². The number of pyridine rings is 1. The molecule has 3 aromatic carbocycles. The highest BCUT2D eigenvalue weighted by molar-refractivity contribution is 6.11. The van der Waals surface area contributed by atoms with Gasteiger partial charge in [0.05, 0.1) is 34.5 Å². The van der Waals surface area contributed by atoms with Crippen molar-refractivity contribution in [2.75, 3.05) is 7.11 Å². The Labute approximate surface area is 209 Å². The van der Waals surface area contributed by atoms with Crippen molar-refractivity contribution >= 4 is 38.5 Å². The first kappa shape index (κ1) is 24.1. The lowest BCUT2D eigenvalue weighted by molar-refractivity contribution is -0.178. The molecule has 0 saturated carbocycles. The Hall–Kier alpha value is -3.58. The van der Waals surface area contributed by atoms with E-state index in [1.807, 2.05) is 61.9 Å². The van der Waals surface area contributed by atoms with Gasteiger partial charge < -0.3 is 23.9 Å². The number of hydrogen-bond acceptors (Lipinski definition) is 6. The minimum Gasteiger partial charge on any atom is -0.496 e. The van der Waals surface area contributed by atoms with Crippen LogP contribution in [-0.2, 0) is 16.6 Å². The number of methoxy groups -OCH3 is 1. The van der Waals surface area contributed by atoms with Crippen molar-refractivity contribution in [2.24, 2.45) is 13.0 Å². The molecule has 0 fully saturated rings. The molecule has 7 nitrogen and oxygen atoms in total. The quantitative estimate of drug-likeness (QED) is 0.246. The van der Waals surface area contributed by atoms with Crippen LogP contribution in [0.15, 0.2) is 47.3 Å². The molecule has 2 heterocycles. The van der Waals surface area contributed by atoms with Crippen molar-refractivity contribution in [3.8, 4) is 11.5 Å². The lowest BCUT2D eigenvalue weighted by Crippen LogP contribution is -2.51. The second kappa shape index (κ2) is 8.52. The molecule has 2 atom stereocenters. The predicted molar refractivity (Wildman–Crippen MR) is 140 cm³/mol. The first-order valence-electron chi connectivity index (χ1n) is 12.2. The van der Waals surface area contributed by atoms with E-state index in [-0.39, 0.29) is 17.8 Å². The number of nitrogens with zero attached hydrogens (tertiary/aromatic N) is 1. The second-order valence-corrected chi connectivity index (χ2v) is 10.4. The Kier molecular flexibility index (Phi) is 5.71. The highest BCUT2D eigenvalue weighted by Gasteiger charge is 2.47. The molecule has 1 aromatic heterocycles. The van der Waals surface area contributed by atoms with Crippen LogP contribution in [0.5, 0.6) is 11.5 Å². The second-order valence-electron chi connectivity index (χ2n) is 10.4. The fourth-order valence-corrected chi connectivity index (χ4v) is 5.36. The molecule has 1 N–H and O–H groups in total. The lowest BCUT2D eigenvalue weighted by atomic mass is 9.86. The third-order valence-corrected chi connectivity index (χ3v) is 7.02. The molecule has 36 heavy (non-hydrogen) atoms. The molecule has 188 valence electrons. The number of fused-ring (bicyclic) bond motifs is 6. The van der Waals surface area contributed by atoms with E-state index in [9.17, 15) is 14.7 Å². The third-order valence-electron chi connectivity index (χ3n) is 7.02. The average Bonchev–Trinajstić information content (AvgIpc) is 2.82. The summed E-state index contributed by atoms with van der Waals surface area (Å²) < 4.78 is 19.6. The summed E-state index contributed by atoms with van der Waals surface area (Å²) in [5.74, 6) is 0.458. The number of aromatic nitrogens is 1. The lowest BCUT2D eigenvalue weighted by Gasteiger charge is -2.42. The van der Waals surface area contributed by atoms with Gasteiger partial charge >= 0.3 is 5.97 Å². The topological polar surface area (TPSA) is 87.0 Å². The average molecular weight is 490 g/mol. The number of benzene rings is 3. The molecule has 0 amide bonds. The van der Waals surface area contributed by atoms with E-state index in [0.717, 1.165) is 10.8 Å². The molecule has 0 aliphatic carbocycles. The highest BCUT2D eigenvalue weighted by Crippen LogP contribution is 2.47.